The van der Waals surface area contributed by atoms with Crippen LogP contribution in [0.15, 0.2) is 41.3 Å². The van der Waals surface area contributed by atoms with Crippen LogP contribution in [-0.2, 0) is 14.8 Å². The summed E-state index contributed by atoms with van der Waals surface area (Å²) in [5.74, 6) is 0.498. The first-order valence-corrected chi connectivity index (χ1v) is 10.1. The molecule has 1 amide bonds. The highest BCUT2D eigenvalue weighted by Gasteiger charge is 2.15. The third-order valence-corrected chi connectivity index (χ3v) is 5.04. The maximum absolute atomic E-state index is 12.3. The third-order valence-electron chi connectivity index (χ3n) is 4.15. The molecule has 0 spiro atoms. The molecule has 0 bridgehead atoms. The highest BCUT2D eigenvalue weighted by Crippen LogP contribution is 2.29. The molecule has 0 unspecified atom stereocenters. The maximum Gasteiger partial charge on any atom is 0.262 e. The van der Waals surface area contributed by atoms with E-state index in [2.05, 4.69) is 5.32 Å². The average Bonchev–Trinajstić information content (AvgIpc) is 2.63. The number of rotatable bonds is 7. The molecule has 0 aliphatic carbocycles. The number of benzene rings is 2. The van der Waals surface area contributed by atoms with Crippen LogP contribution in [0.3, 0.4) is 0 Å². The number of carbonyl (C=O) groups is 1. The minimum Gasteiger partial charge on any atom is -0.493 e. The topological polar surface area (TPSA) is 108 Å². The molecule has 2 rings (SSSR count). The zero-order chi connectivity index (χ0) is 20.9. The lowest BCUT2D eigenvalue weighted by atomic mass is 10.1. The van der Waals surface area contributed by atoms with Crippen molar-refractivity contribution in [3.05, 3.63) is 53.1 Å². The van der Waals surface area contributed by atoms with E-state index in [1.807, 2.05) is 25.1 Å². The monoisotopic (exact) mass is 404 g/mol. The van der Waals surface area contributed by atoms with E-state index in [0.717, 1.165) is 11.1 Å². The molecule has 0 aliphatic rings. The predicted molar refractivity (Wildman–Crippen MR) is 109 cm³/mol. The number of primary sulfonamides is 1. The minimum atomic E-state index is -3.88. The Morgan fingerprint density at radius 3 is 2.50 bits per heavy atom. The van der Waals surface area contributed by atoms with E-state index in [1.54, 1.807) is 26.0 Å². The number of amides is 1. The van der Waals surface area contributed by atoms with Gasteiger partial charge in [0.25, 0.3) is 5.91 Å². The van der Waals surface area contributed by atoms with Crippen molar-refractivity contribution in [3.8, 4) is 11.5 Å². The number of anilines is 1. The summed E-state index contributed by atoms with van der Waals surface area (Å²) in [5.41, 5.74) is 2.76. The molecule has 0 saturated carbocycles. The lowest BCUT2D eigenvalue weighted by Gasteiger charge is -2.14. The number of aryl methyl sites for hydroxylation is 1. The van der Waals surface area contributed by atoms with Crippen molar-refractivity contribution < 1.29 is 22.7 Å². The van der Waals surface area contributed by atoms with Crippen molar-refractivity contribution >= 4 is 27.7 Å². The highest BCUT2D eigenvalue weighted by atomic mass is 32.2. The van der Waals surface area contributed by atoms with Gasteiger partial charge in [0.15, 0.2) is 18.1 Å². The summed E-state index contributed by atoms with van der Waals surface area (Å²) in [7, 11) is -2.36. The van der Waals surface area contributed by atoms with Gasteiger partial charge in [-0.15, -0.1) is 0 Å². The molecule has 0 aliphatic heterocycles. The molecule has 8 heteroatoms. The summed E-state index contributed by atoms with van der Waals surface area (Å²) < 4.78 is 34.1. The third kappa shape index (κ3) is 5.34. The molecule has 0 fully saturated rings. The van der Waals surface area contributed by atoms with E-state index < -0.39 is 15.9 Å². The van der Waals surface area contributed by atoms with Gasteiger partial charge in [-0.1, -0.05) is 18.2 Å². The van der Waals surface area contributed by atoms with Crippen LogP contribution in [0.4, 0.5) is 5.69 Å². The fraction of sp³-hybridized carbons (Fsp3) is 0.250. The molecule has 3 N–H and O–H groups in total. The molecule has 0 radical (unpaired) electrons. The van der Waals surface area contributed by atoms with Crippen molar-refractivity contribution in [1.29, 1.82) is 0 Å². The maximum atomic E-state index is 12.3. The van der Waals surface area contributed by atoms with Crippen LogP contribution < -0.4 is 19.9 Å². The van der Waals surface area contributed by atoms with Crippen LogP contribution in [0.2, 0.25) is 0 Å². The Bertz CT molecular complexity index is 1010. The molecule has 7 nitrogen and oxygen atoms in total. The first-order valence-electron chi connectivity index (χ1n) is 8.53. The number of sulfonamides is 1. The predicted octanol–water partition coefficient (Wildman–Crippen LogP) is 3.01. The van der Waals surface area contributed by atoms with Crippen LogP contribution >= 0.6 is 0 Å². The Morgan fingerprint density at radius 2 is 1.89 bits per heavy atom. The Hall–Kier alpha value is -2.84. The van der Waals surface area contributed by atoms with Crippen molar-refractivity contribution in [1.82, 2.24) is 0 Å². The molecule has 28 heavy (non-hydrogen) atoms. The molecular weight excluding hydrogens is 380 g/mol. The van der Waals surface area contributed by atoms with Gasteiger partial charge in [-0.25, -0.2) is 13.6 Å². The van der Waals surface area contributed by atoms with E-state index in [0.29, 0.717) is 22.7 Å². The van der Waals surface area contributed by atoms with Crippen molar-refractivity contribution in [3.63, 3.8) is 0 Å². The first-order chi connectivity index (χ1) is 13.2. The second-order valence-electron chi connectivity index (χ2n) is 6.20. The fourth-order valence-corrected chi connectivity index (χ4v) is 3.17. The number of hydrogen-bond acceptors (Lipinski definition) is 5. The lowest BCUT2D eigenvalue weighted by Crippen LogP contribution is -2.21. The fourth-order valence-electron chi connectivity index (χ4n) is 2.55. The van der Waals surface area contributed by atoms with Gasteiger partial charge >= 0.3 is 0 Å². The normalized spacial score (nSPS) is 11.5. The van der Waals surface area contributed by atoms with Crippen molar-refractivity contribution in [2.45, 2.75) is 25.7 Å². The van der Waals surface area contributed by atoms with E-state index in [-0.39, 0.29) is 11.5 Å². The van der Waals surface area contributed by atoms with Crippen LogP contribution in [0, 0.1) is 13.8 Å². The summed E-state index contributed by atoms with van der Waals surface area (Å²) in [6.45, 7) is 5.17. The average molecular weight is 404 g/mol. The summed E-state index contributed by atoms with van der Waals surface area (Å²) in [6.07, 6.45) is 3.82. The molecule has 0 heterocycles. The Balaban J connectivity index is 2.14. The molecule has 2 aromatic carbocycles. The van der Waals surface area contributed by atoms with Crippen molar-refractivity contribution in [2.24, 2.45) is 5.14 Å². The molecule has 0 aromatic heterocycles. The summed E-state index contributed by atoms with van der Waals surface area (Å²) in [4.78, 5) is 12.2. The zero-order valence-corrected chi connectivity index (χ0v) is 17.1. The van der Waals surface area contributed by atoms with Crippen LogP contribution in [0.25, 0.3) is 6.08 Å². The van der Waals surface area contributed by atoms with Gasteiger partial charge in [0, 0.05) is 5.69 Å². The number of hydrogen-bond donors (Lipinski definition) is 2. The van der Waals surface area contributed by atoms with Crippen LogP contribution in [0.5, 0.6) is 11.5 Å². The first kappa shape index (κ1) is 21.5. The standard InChI is InChI=1S/C20H24N2O5S/c1-5-6-15-7-8-18(19(10-15)26-4)27-12-20(23)22-17-11-16(28(21,24)25)9-13(2)14(17)3/h5-11H,12H2,1-4H3,(H,22,23)(H2,21,24,25)/b6-5+. The molecule has 0 atom stereocenters. The molecule has 150 valence electrons. The lowest BCUT2D eigenvalue weighted by molar-refractivity contribution is -0.118. The quantitative estimate of drug-likeness (QED) is 0.737. The van der Waals surface area contributed by atoms with Gasteiger partial charge in [-0.2, -0.15) is 0 Å². The highest BCUT2D eigenvalue weighted by molar-refractivity contribution is 7.89. The largest absolute Gasteiger partial charge is 0.493 e. The summed E-state index contributed by atoms with van der Waals surface area (Å²) >= 11 is 0. The van der Waals surface area contributed by atoms with Gasteiger partial charge in [-0.05, 0) is 61.7 Å². The smallest absolute Gasteiger partial charge is 0.262 e. The van der Waals surface area contributed by atoms with Gasteiger partial charge in [0.1, 0.15) is 0 Å². The SMILES string of the molecule is C/C=C/c1ccc(OCC(=O)Nc2cc(S(N)(=O)=O)cc(C)c2C)c(OC)c1. The second kappa shape index (κ2) is 8.90. The minimum absolute atomic E-state index is 0.0620. The summed E-state index contributed by atoms with van der Waals surface area (Å²) in [6, 6.07) is 8.17. The van der Waals surface area contributed by atoms with E-state index >= 15 is 0 Å². The van der Waals surface area contributed by atoms with Crippen molar-refractivity contribution in [2.75, 3.05) is 19.0 Å². The van der Waals surface area contributed by atoms with E-state index in [9.17, 15) is 13.2 Å². The van der Waals surface area contributed by atoms with Gasteiger partial charge in [0.05, 0.1) is 12.0 Å². The Morgan fingerprint density at radius 1 is 1.18 bits per heavy atom. The number of allylic oxidation sites excluding steroid dienone is 1. The van der Waals surface area contributed by atoms with Crippen LogP contribution in [-0.4, -0.2) is 28.0 Å². The van der Waals surface area contributed by atoms with Crippen LogP contribution in [0.1, 0.15) is 23.6 Å². The second-order valence-corrected chi connectivity index (χ2v) is 7.77. The molecule has 2 aromatic rings. The van der Waals surface area contributed by atoms with Gasteiger partial charge in [-0.3, -0.25) is 4.79 Å². The number of nitrogens with two attached hydrogens (primary N) is 1. The molecular formula is C20H24N2O5S. The Labute approximate surface area is 165 Å². The van der Waals surface area contributed by atoms with Gasteiger partial charge < -0.3 is 14.8 Å². The number of ether oxygens (including phenoxy) is 2. The molecule has 0 saturated heterocycles. The number of nitrogens with one attached hydrogen (secondary N) is 1. The summed E-state index contributed by atoms with van der Waals surface area (Å²) in [5, 5.41) is 7.86. The number of methoxy groups -OCH3 is 1. The van der Waals surface area contributed by atoms with E-state index in [1.165, 1.54) is 19.2 Å². The zero-order valence-electron chi connectivity index (χ0n) is 16.3. The van der Waals surface area contributed by atoms with E-state index in [4.69, 9.17) is 14.6 Å². The van der Waals surface area contributed by atoms with Gasteiger partial charge in [0.2, 0.25) is 10.0 Å². The number of carbonyl (C=O) groups excluding carboxylic acids is 1. The Kier molecular flexibility index (Phi) is 6.82.